The highest BCUT2D eigenvalue weighted by Crippen LogP contribution is 2.30. The second kappa shape index (κ2) is 10.2. The molecular weight excluding hydrogens is 402 g/mol. The molecule has 1 aliphatic heterocycles. The quantitative estimate of drug-likeness (QED) is 0.685. The molecule has 4 rings (SSSR count). The Morgan fingerprint density at radius 3 is 2.59 bits per heavy atom. The molecule has 7 heteroatoms. The van der Waals surface area contributed by atoms with Crippen molar-refractivity contribution in [2.75, 3.05) is 39.8 Å². The summed E-state index contributed by atoms with van der Waals surface area (Å²) in [4.78, 5) is 22.5. The van der Waals surface area contributed by atoms with E-state index in [1.54, 1.807) is 11.8 Å². The summed E-state index contributed by atoms with van der Waals surface area (Å²) in [5.41, 5.74) is 4.08. The van der Waals surface area contributed by atoms with Crippen LogP contribution >= 0.6 is 0 Å². The molecule has 0 N–H and O–H groups in total. The van der Waals surface area contributed by atoms with Gasteiger partial charge in [-0.25, -0.2) is 9.67 Å². The van der Waals surface area contributed by atoms with E-state index in [4.69, 9.17) is 9.72 Å². The molecule has 0 aromatic carbocycles. The molecule has 2 fully saturated rings. The smallest absolute Gasteiger partial charge is 0.242 e. The second-order valence-corrected chi connectivity index (χ2v) is 9.67. The van der Waals surface area contributed by atoms with Gasteiger partial charge in [0, 0.05) is 45.3 Å². The molecule has 0 atom stereocenters. The Bertz CT molecular complexity index is 948. The number of fused-ring (bicyclic) bond motifs is 1. The number of hydrogen-bond donors (Lipinski definition) is 0. The predicted octanol–water partition coefficient (Wildman–Crippen LogP) is 3.64. The fraction of sp³-hybridized carbons (Fsp3) is 0.720. The van der Waals surface area contributed by atoms with Gasteiger partial charge in [-0.2, -0.15) is 0 Å². The van der Waals surface area contributed by atoms with Crippen LogP contribution in [0.4, 0.5) is 0 Å². The largest absolute Gasteiger partial charge is 0.479 e. The molecule has 0 unspecified atom stereocenters. The van der Waals surface area contributed by atoms with Crippen LogP contribution in [0.2, 0.25) is 0 Å². The first-order valence-corrected chi connectivity index (χ1v) is 12.3. The maximum absolute atomic E-state index is 13.1. The van der Waals surface area contributed by atoms with Gasteiger partial charge in [0.1, 0.15) is 0 Å². The van der Waals surface area contributed by atoms with E-state index < -0.39 is 0 Å². The minimum absolute atomic E-state index is 0.265. The molecule has 3 heterocycles. The van der Waals surface area contributed by atoms with Gasteiger partial charge in [0.15, 0.2) is 5.65 Å². The summed E-state index contributed by atoms with van der Waals surface area (Å²) >= 11 is 0. The van der Waals surface area contributed by atoms with Crippen LogP contribution in [0.1, 0.15) is 61.8 Å². The van der Waals surface area contributed by atoms with E-state index in [1.807, 2.05) is 14.0 Å². The van der Waals surface area contributed by atoms with Crippen LogP contribution in [0.3, 0.4) is 0 Å². The van der Waals surface area contributed by atoms with Crippen molar-refractivity contribution in [1.82, 2.24) is 24.6 Å². The lowest BCUT2D eigenvalue weighted by Crippen LogP contribution is -2.37. The molecule has 176 valence electrons. The van der Waals surface area contributed by atoms with Crippen molar-refractivity contribution >= 4 is 16.9 Å². The van der Waals surface area contributed by atoms with Crippen molar-refractivity contribution in [3.8, 4) is 5.88 Å². The van der Waals surface area contributed by atoms with Gasteiger partial charge in [-0.15, -0.1) is 5.10 Å². The Balaban J connectivity index is 1.37. The van der Waals surface area contributed by atoms with E-state index >= 15 is 0 Å². The number of carbonyl (C=O) groups excluding carboxylic acids is 1. The summed E-state index contributed by atoms with van der Waals surface area (Å²) in [7, 11) is 3.53. The van der Waals surface area contributed by atoms with E-state index in [-0.39, 0.29) is 5.91 Å². The topological polar surface area (TPSA) is 63.5 Å². The Kier molecular flexibility index (Phi) is 7.33. The van der Waals surface area contributed by atoms with E-state index in [2.05, 4.69) is 21.8 Å². The number of methoxy groups -OCH3 is 1. The van der Waals surface area contributed by atoms with Crippen LogP contribution in [-0.2, 0) is 18.3 Å². The third-order valence-electron chi connectivity index (χ3n) is 7.49. The number of nitrogens with zero attached hydrogens (tertiary/aromatic N) is 5. The molecule has 32 heavy (non-hydrogen) atoms. The molecule has 2 aromatic heterocycles. The minimum Gasteiger partial charge on any atom is -0.479 e. The maximum Gasteiger partial charge on any atom is 0.242 e. The normalized spacial score (nSPS) is 18.8. The lowest BCUT2D eigenvalue weighted by molar-refractivity contribution is -0.131. The van der Waals surface area contributed by atoms with Gasteiger partial charge in [0.05, 0.1) is 12.5 Å². The number of carbonyl (C=O) groups is 1. The zero-order valence-corrected chi connectivity index (χ0v) is 20.3. The number of aryl methyl sites for hydroxylation is 3. The van der Waals surface area contributed by atoms with Gasteiger partial charge >= 0.3 is 0 Å². The van der Waals surface area contributed by atoms with Crippen molar-refractivity contribution in [1.29, 1.82) is 0 Å². The van der Waals surface area contributed by atoms with Crippen LogP contribution < -0.4 is 4.74 Å². The average molecular weight is 442 g/mol. The molecule has 0 bridgehead atoms. The Labute approximate surface area is 192 Å². The highest BCUT2D eigenvalue weighted by molar-refractivity contribution is 5.86. The summed E-state index contributed by atoms with van der Waals surface area (Å²) in [6.07, 6.45) is 9.29. The van der Waals surface area contributed by atoms with Crippen molar-refractivity contribution in [2.24, 2.45) is 13.0 Å². The van der Waals surface area contributed by atoms with E-state index in [9.17, 15) is 4.79 Å². The molecule has 1 amide bonds. The maximum atomic E-state index is 13.1. The lowest BCUT2D eigenvalue weighted by Gasteiger charge is -2.28. The highest BCUT2D eigenvalue weighted by Gasteiger charge is 2.23. The first kappa shape index (κ1) is 23.0. The Morgan fingerprint density at radius 1 is 1.06 bits per heavy atom. The number of ether oxygens (including phenoxy) is 1. The molecule has 7 nitrogen and oxygen atoms in total. The summed E-state index contributed by atoms with van der Waals surface area (Å²) < 4.78 is 7.23. The monoisotopic (exact) mass is 441 g/mol. The van der Waals surface area contributed by atoms with Crippen LogP contribution in [0, 0.1) is 19.8 Å². The standard InChI is InChI=1S/C25H39N5O2/c1-18-21(19(2)26-24-23(18)25(32-4)27-28(24)3)11-12-22(31)30-14-8-13-29(15-16-30)17-20-9-6-5-7-10-20/h20H,5-17H2,1-4H3. The predicted molar refractivity (Wildman–Crippen MR) is 127 cm³/mol. The molecular formula is C25H39N5O2. The molecule has 1 saturated carbocycles. The van der Waals surface area contributed by atoms with Gasteiger partial charge in [-0.3, -0.25) is 4.79 Å². The summed E-state index contributed by atoms with van der Waals surface area (Å²) in [5.74, 6) is 1.73. The van der Waals surface area contributed by atoms with Crippen LogP contribution in [0.15, 0.2) is 0 Å². The van der Waals surface area contributed by atoms with Crippen molar-refractivity contribution in [3.05, 3.63) is 16.8 Å². The van der Waals surface area contributed by atoms with Crippen molar-refractivity contribution in [3.63, 3.8) is 0 Å². The molecule has 2 aliphatic rings. The zero-order chi connectivity index (χ0) is 22.7. The molecule has 1 aliphatic carbocycles. The van der Waals surface area contributed by atoms with E-state index in [1.165, 1.54) is 38.6 Å². The number of aromatic nitrogens is 3. The summed E-state index contributed by atoms with van der Waals surface area (Å²) in [5, 5.41) is 5.39. The van der Waals surface area contributed by atoms with Crippen molar-refractivity contribution in [2.45, 2.75) is 65.2 Å². The fourth-order valence-electron chi connectivity index (χ4n) is 5.64. The van der Waals surface area contributed by atoms with Gasteiger partial charge in [-0.05, 0) is 63.1 Å². The average Bonchev–Trinajstić information content (AvgIpc) is 2.95. The van der Waals surface area contributed by atoms with Gasteiger partial charge in [0.25, 0.3) is 0 Å². The summed E-state index contributed by atoms with van der Waals surface area (Å²) in [6.45, 7) is 9.22. The number of amides is 1. The van der Waals surface area contributed by atoms with Gasteiger partial charge < -0.3 is 14.5 Å². The van der Waals surface area contributed by atoms with E-state index in [0.29, 0.717) is 18.7 Å². The SMILES string of the molecule is COc1nn(C)c2nc(C)c(CCC(=O)N3CCCN(CC4CCCCC4)CC3)c(C)c12. The Hall–Kier alpha value is -2.15. The van der Waals surface area contributed by atoms with Crippen LogP contribution in [0.5, 0.6) is 5.88 Å². The molecule has 1 saturated heterocycles. The first-order chi connectivity index (χ1) is 15.5. The first-order valence-electron chi connectivity index (χ1n) is 12.3. The van der Waals surface area contributed by atoms with Crippen LogP contribution in [0.25, 0.3) is 11.0 Å². The number of hydrogen-bond acceptors (Lipinski definition) is 5. The lowest BCUT2D eigenvalue weighted by atomic mass is 9.89. The molecule has 0 spiro atoms. The molecule has 0 radical (unpaired) electrons. The third-order valence-corrected chi connectivity index (χ3v) is 7.49. The fourth-order valence-corrected chi connectivity index (χ4v) is 5.64. The third kappa shape index (κ3) is 4.92. The van der Waals surface area contributed by atoms with Gasteiger partial charge in [0.2, 0.25) is 11.8 Å². The van der Waals surface area contributed by atoms with Gasteiger partial charge in [-0.1, -0.05) is 19.3 Å². The highest BCUT2D eigenvalue weighted by atomic mass is 16.5. The van der Waals surface area contributed by atoms with Crippen molar-refractivity contribution < 1.29 is 9.53 Å². The second-order valence-electron chi connectivity index (χ2n) is 9.67. The number of rotatable bonds is 6. The molecule has 2 aromatic rings. The van der Waals surface area contributed by atoms with Crippen LogP contribution in [-0.4, -0.2) is 70.3 Å². The Morgan fingerprint density at radius 2 is 1.84 bits per heavy atom. The minimum atomic E-state index is 0.265. The summed E-state index contributed by atoms with van der Waals surface area (Å²) in [6, 6.07) is 0. The van der Waals surface area contributed by atoms with E-state index in [0.717, 1.165) is 66.4 Å². The zero-order valence-electron chi connectivity index (χ0n) is 20.3. The number of pyridine rings is 1.